The van der Waals surface area contributed by atoms with Crippen molar-refractivity contribution in [1.82, 2.24) is 0 Å². The summed E-state index contributed by atoms with van der Waals surface area (Å²) in [6, 6.07) is 64.8. The van der Waals surface area contributed by atoms with Gasteiger partial charge < -0.3 is 0 Å². The van der Waals surface area contributed by atoms with E-state index in [2.05, 4.69) is 166 Å². The number of rotatable bonds is 4. The van der Waals surface area contributed by atoms with Crippen molar-refractivity contribution in [2.75, 3.05) is 0 Å². The van der Waals surface area contributed by atoms with Crippen molar-refractivity contribution >= 4 is 64.6 Å². The molecule has 0 unspecified atom stereocenters. The molecule has 0 bridgehead atoms. The highest BCUT2D eigenvalue weighted by molar-refractivity contribution is 6.29. The van der Waals surface area contributed by atoms with E-state index in [1.54, 1.807) is 12.1 Å². The fourth-order valence-corrected chi connectivity index (χ4v) is 9.53. The molecule has 286 valence electrons. The highest BCUT2D eigenvalue weighted by Gasteiger charge is 2.23. The van der Waals surface area contributed by atoms with E-state index < -0.39 is 0 Å². The SMILES string of the molecule is CC(C)(C)c1ccc(-c2ccc3c(-c4cc5ccccc5c5ccccc45)c4cc(-c5ccc(F)cc5)ccc4c(-c4cc5cc(F)ccc5c5ccccc45)c3c2)cc1. The minimum Gasteiger partial charge on any atom is -0.207 e. The van der Waals surface area contributed by atoms with E-state index in [1.807, 2.05) is 18.2 Å². The molecule has 60 heavy (non-hydrogen) atoms. The Hall–Kier alpha value is -7.16. The minimum atomic E-state index is -0.264. The van der Waals surface area contributed by atoms with E-state index in [4.69, 9.17) is 0 Å². The topological polar surface area (TPSA) is 0 Å². The quantitative estimate of drug-likeness (QED) is 0.123. The molecule has 0 atom stereocenters. The second kappa shape index (κ2) is 13.7. The largest absolute Gasteiger partial charge is 0.207 e. The van der Waals surface area contributed by atoms with Gasteiger partial charge in [0, 0.05) is 0 Å². The van der Waals surface area contributed by atoms with Gasteiger partial charge >= 0.3 is 0 Å². The fraction of sp³-hybridized carbons (Fsp3) is 0.0690. The lowest BCUT2D eigenvalue weighted by atomic mass is 9.81. The predicted octanol–water partition coefficient (Wildman–Crippen LogP) is 16.8. The molecule has 0 amide bonds. The summed E-state index contributed by atoms with van der Waals surface area (Å²) in [5.74, 6) is -0.526. The van der Waals surface area contributed by atoms with E-state index in [9.17, 15) is 4.39 Å². The van der Waals surface area contributed by atoms with Gasteiger partial charge in [-0.05, 0) is 169 Å². The van der Waals surface area contributed by atoms with Crippen LogP contribution in [0.15, 0.2) is 188 Å². The molecular weight excluding hydrogens is 735 g/mol. The minimum absolute atomic E-state index is 0.0366. The standard InChI is InChI=1S/C58H40F2/c1-58(2,3)41-22-16-35(17-23-41)37-20-27-50-55(31-37)57(53-34-40-30-43(60)26-29-45(40)47-13-7-9-15-49(47)53)51-28-21-38(36-18-24-42(59)25-19-36)32-54(51)56(50)52-33-39-10-4-5-11-44(39)46-12-6-8-14-48(46)52/h4-34H,1-3H3. The maximum atomic E-state index is 15.1. The van der Waals surface area contributed by atoms with Crippen molar-refractivity contribution in [3.63, 3.8) is 0 Å². The molecule has 0 N–H and O–H groups in total. The van der Waals surface area contributed by atoms with E-state index in [0.29, 0.717) is 0 Å². The highest BCUT2D eigenvalue weighted by Crippen LogP contribution is 2.50. The van der Waals surface area contributed by atoms with Crippen LogP contribution < -0.4 is 0 Å². The summed E-state index contributed by atoms with van der Waals surface area (Å²) in [6.45, 7) is 6.73. The van der Waals surface area contributed by atoms with Gasteiger partial charge in [0.25, 0.3) is 0 Å². The maximum Gasteiger partial charge on any atom is 0.123 e. The molecule has 11 aromatic rings. The lowest BCUT2D eigenvalue weighted by molar-refractivity contribution is 0.590. The summed E-state index contributed by atoms with van der Waals surface area (Å²) < 4.78 is 29.4. The Bertz CT molecular complexity index is 3520. The molecule has 0 spiro atoms. The first kappa shape index (κ1) is 36.0. The third-order valence-electron chi connectivity index (χ3n) is 12.5. The van der Waals surface area contributed by atoms with E-state index >= 15 is 4.39 Å². The van der Waals surface area contributed by atoms with Crippen LogP contribution in [0.2, 0.25) is 0 Å². The molecule has 0 aliphatic carbocycles. The maximum absolute atomic E-state index is 15.1. The Labute approximate surface area is 348 Å². The Balaban J connectivity index is 1.33. The van der Waals surface area contributed by atoms with Crippen LogP contribution in [0.3, 0.4) is 0 Å². The van der Waals surface area contributed by atoms with Crippen molar-refractivity contribution in [2.24, 2.45) is 0 Å². The number of hydrogen-bond acceptors (Lipinski definition) is 0. The second-order valence-corrected chi connectivity index (χ2v) is 17.1. The zero-order chi connectivity index (χ0) is 40.7. The van der Waals surface area contributed by atoms with Gasteiger partial charge in [0.15, 0.2) is 0 Å². The Morgan fingerprint density at radius 2 is 0.717 bits per heavy atom. The first-order chi connectivity index (χ1) is 29.2. The van der Waals surface area contributed by atoms with Crippen LogP contribution in [0.5, 0.6) is 0 Å². The fourth-order valence-electron chi connectivity index (χ4n) is 9.53. The van der Waals surface area contributed by atoms with Crippen molar-refractivity contribution in [3.8, 4) is 44.5 Å². The molecular formula is C58H40F2. The summed E-state index contributed by atoms with van der Waals surface area (Å²) in [5.41, 5.74) is 9.96. The van der Waals surface area contributed by atoms with Crippen LogP contribution in [0, 0.1) is 11.6 Å². The summed E-state index contributed by atoms with van der Waals surface area (Å²) >= 11 is 0. The number of benzene rings is 11. The first-order valence-corrected chi connectivity index (χ1v) is 20.6. The molecule has 11 rings (SSSR count). The van der Waals surface area contributed by atoms with Crippen molar-refractivity contribution in [3.05, 3.63) is 205 Å². The lowest BCUT2D eigenvalue weighted by Crippen LogP contribution is -2.10. The van der Waals surface area contributed by atoms with Gasteiger partial charge in [-0.1, -0.05) is 160 Å². The lowest BCUT2D eigenvalue weighted by Gasteiger charge is -2.22. The van der Waals surface area contributed by atoms with Gasteiger partial charge in [0.1, 0.15) is 11.6 Å². The average Bonchev–Trinajstić information content (AvgIpc) is 3.27. The molecule has 11 aromatic carbocycles. The van der Waals surface area contributed by atoms with Gasteiger partial charge in [-0.2, -0.15) is 0 Å². The van der Waals surface area contributed by atoms with Crippen LogP contribution in [-0.4, -0.2) is 0 Å². The molecule has 0 saturated heterocycles. The van der Waals surface area contributed by atoms with Crippen LogP contribution in [0.1, 0.15) is 26.3 Å². The monoisotopic (exact) mass is 774 g/mol. The van der Waals surface area contributed by atoms with Gasteiger partial charge in [-0.3, -0.25) is 0 Å². The van der Waals surface area contributed by atoms with Gasteiger partial charge in [-0.15, -0.1) is 0 Å². The zero-order valence-corrected chi connectivity index (χ0v) is 33.7. The average molecular weight is 775 g/mol. The molecule has 2 heteroatoms. The van der Waals surface area contributed by atoms with Crippen molar-refractivity contribution in [1.29, 1.82) is 0 Å². The predicted molar refractivity (Wildman–Crippen MR) is 252 cm³/mol. The Morgan fingerprint density at radius 3 is 1.27 bits per heavy atom. The molecule has 0 aliphatic rings. The normalized spacial score (nSPS) is 12.1. The summed E-state index contributed by atoms with van der Waals surface area (Å²) in [6.07, 6.45) is 0. The Kier molecular flexibility index (Phi) is 8.22. The van der Waals surface area contributed by atoms with Gasteiger partial charge in [-0.25, -0.2) is 8.78 Å². The summed E-state index contributed by atoms with van der Waals surface area (Å²) in [4.78, 5) is 0. The third kappa shape index (κ3) is 5.86. The van der Waals surface area contributed by atoms with Crippen LogP contribution in [0.4, 0.5) is 8.78 Å². The molecule has 0 heterocycles. The number of hydrogen-bond donors (Lipinski definition) is 0. The van der Waals surface area contributed by atoms with Crippen molar-refractivity contribution in [2.45, 2.75) is 26.2 Å². The molecule has 0 fully saturated rings. The third-order valence-corrected chi connectivity index (χ3v) is 12.5. The smallest absolute Gasteiger partial charge is 0.123 e. The van der Waals surface area contributed by atoms with Crippen molar-refractivity contribution < 1.29 is 8.78 Å². The molecule has 0 nitrogen and oxygen atoms in total. The second-order valence-electron chi connectivity index (χ2n) is 17.1. The molecule has 0 aliphatic heterocycles. The highest BCUT2D eigenvalue weighted by atomic mass is 19.1. The van der Waals surface area contributed by atoms with Crippen LogP contribution >= 0.6 is 0 Å². The molecule has 0 saturated carbocycles. The van der Waals surface area contributed by atoms with E-state index in [-0.39, 0.29) is 17.0 Å². The van der Waals surface area contributed by atoms with Gasteiger partial charge in [0.05, 0.1) is 0 Å². The van der Waals surface area contributed by atoms with Crippen LogP contribution in [0.25, 0.3) is 109 Å². The van der Waals surface area contributed by atoms with E-state index in [1.165, 1.54) is 39.2 Å². The molecule has 0 radical (unpaired) electrons. The summed E-state index contributed by atoms with van der Waals surface area (Å²) in [7, 11) is 0. The zero-order valence-electron chi connectivity index (χ0n) is 33.7. The number of fused-ring (bicyclic) bond motifs is 8. The summed E-state index contributed by atoms with van der Waals surface area (Å²) in [5, 5.41) is 13.2. The number of halogens is 2. The van der Waals surface area contributed by atoms with E-state index in [0.717, 1.165) is 87.6 Å². The van der Waals surface area contributed by atoms with Crippen LogP contribution in [-0.2, 0) is 5.41 Å². The Morgan fingerprint density at radius 1 is 0.300 bits per heavy atom. The molecule has 0 aromatic heterocycles. The van der Waals surface area contributed by atoms with Gasteiger partial charge in [0.2, 0.25) is 0 Å². The first-order valence-electron chi connectivity index (χ1n) is 20.6.